The van der Waals surface area contributed by atoms with E-state index in [1.165, 1.54) is 30.7 Å². The molecule has 4 heteroatoms. The zero-order valence-electron chi connectivity index (χ0n) is 11.3. The van der Waals surface area contributed by atoms with Crippen molar-refractivity contribution in [2.24, 2.45) is 0 Å². The van der Waals surface area contributed by atoms with Crippen molar-refractivity contribution in [3.05, 3.63) is 30.1 Å². The number of amides is 1. The first-order valence-corrected chi connectivity index (χ1v) is 6.88. The molecule has 1 heterocycles. The standard InChI is InChI=1S/C15H20FNO2/c1-2-13-5-3-4-10-17(13)15(18)11-19-14-8-6-12(16)7-9-14/h6-9,13H,2-5,10-11H2,1H3/t13-/m0/s1. The quantitative estimate of drug-likeness (QED) is 0.837. The highest BCUT2D eigenvalue weighted by atomic mass is 19.1. The van der Waals surface area contributed by atoms with Crippen LogP contribution in [-0.4, -0.2) is 30.0 Å². The summed E-state index contributed by atoms with van der Waals surface area (Å²) < 4.78 is 18.2. The predicted molar refractivity (Wildman–Crippen MR) is 71.5 cm³/mol. The number of carbonyl (C=O) groups is 1. The molecule has 1 aromatic carbocycles. The van der Waals surface area contributed by atoms with Gasteiger partial charge in [-0.2, -0.15) is 0 Å². The van der Waals surface area contributed by atoms with Gasteiger partial charge in [-0.1, -0.05) is 6.92 Å². The summed E-state index contributed by atoms with van der Waals surface area (Å²) in [6, 6.07) is 6.08. The van der Waals surface area contributed by atoms with E-state index in [2.05, 4.69) is 6.92 Å². The van der Waals surface area contributed by atoms with E-state index in [1.807, 2.05) is 4.90 Å². The van der Waals surface area contributed by atoms with Crippen LogP contribution in [0.5, 0.6) is 5.75 Å². The Labute approximate surface area is 113 Å². The SMILES string of the molecule is CC[C@H]1CCCCN1C(=O)COc1ccc(F)cc1. The first-order chi connectivity index (χ1) is 9.20. The number of carbonyl (C=O) groups excluding carboxylic acids is 1. The van der Waals surface area contributed by atoms with Crippen LogP contribution in [0.2, 0.25) is 0 Å². The van der Waals surface area contributed by atoms with Crippen LogP contribution < -0.4 is 4.74 Å². The molecule has 3 nitrogen and oxygen atoms in total. The van der Waals surface area contributed by atoms with Gasteiger partial charge in [-0.05, 0) is 49.9 Å². The highest BCUT2D eigenvalue weighted by Gasteiger charge is 2.25. The summed E-state index contributed by atoms with van der Waals surface area (Å²) in [6.45, 7) is 2.96. The van der Waals surface area contributed by atoms with E-state index in [0.717, 1.165) is 25.8 Å². The van der Waals surface area contributed by atoms with Crippen molar-refractivity contribution >= 4 is 5.91 Å². The topological polar surface area (TPSA) is 29.5 Å². The Hall–Kier alpha value is -1.58. The van der Waals surface area contributed by atoms with Crippen LogP contribution in [0.25, 0.3) is 0 Å². The van der Waals surface area contributed by atoms with Crippen LogP contribution >= 0.6 is 0 Å². The Morgan fingerprint density at radius 1 is 1.37 bits per heavy atom. The van der Waals surface area contributed by atoms with Crippen molar-refractivity contribution in [1.29, 1.82) is 0 Å². The Kier molecular flexibility index (Phi) is 4.77. The Bertz CT molecular complexity index is 419. The minimum absolute atomic E-state index is 0.0240. The second-order valence-electron chi connectivity index (χ2n) is 4.89. The van der Waals surface area contributed by atoms with E-state index in [4.69, 9.17) is 4.74 Å². The molecule has 1 atom stereocenters. The minimum Gasteiger partial charge on any atom is -0.484 e. The number of hydrogen-bond acceptors (Lipinski definition) is 2. The molecule has 0 aliphatic carbocycles. The molecule has 0 N–H and O–H groups in total. The zero-order valence-corrected chi connectivity index (χ0v) is 11.3. The Morgan fingerprint density at radius 3 is 2.79 bits per heavy atom. The van der Waals surface area contributed by atoms with E-state index in [1.54, 1.807) is 0 Å². The van der Waals surface area contributed by atoms with E-state index in [0.29, 0.717) is 11.8 Å². The van der Waals surface area contributed by atoms with Gasteiger partial charge in [0.2, 0.25) is 0 Å². The number of likely N-dealkylation sites (tertiary alicyclic amines) is 1. The molecule has 0 unspecified atom stereocenters. The Morgan fingerprint density at radius 2 is 2.11 bits per heavy atom. The van der Waals surface area contributed by atoms with Crippen molar-refractivity contribution in [1.82, 2.24) is 4.90 Å². The van der Waals surface area contributed by atoms with Crippen LogP contribution in [0.3, 0.4) is 0 Å². The van der Waals surface area contributed by atoms with Gasteiger partial charge >= 0.3 is 0 Å². The summed E-state index contributed by atoms with van der Waals surface area (Å²) in [6.07, 6.45) is 4.33. The van der Waals surface area contributed by atoms with Crippen LogP contribution in [0.4, 0.5) is 4.39 Å². The normalized spacial score (nSPS) is 19.3. The largest absolute Gasteiger partial charge is 0.484 e. The van der Waals surface area contributed by atoms with E-state index < -0.39 is 0 Å². The van der Waals surface area contributed by atoms with Crippen LogP contribution in [-0.2, 0) is 4.79 Å². The number of nitrogens with zero attached hydrogens (tertiary/aromatic N) is 1. The van der Waals surface area contributed by atoms with E-state index >= 15 is 0 Å². The van der Waals surface area contributed by atoms with Gasteiger partial charge in [0.25, 0.3) is 5.91 Å². The molecule has 104 valence electrons. The lowest BCUT2D eigenvalue weighted by Crippen LogP contribution is -2.45. The molecular weight excluding hydrogens is 245 g/mol. The van der Waals surface area contributed by atoms with Gasteiger partial charge < -0.3 is 9.64 Å². The monoisotopic (exact) mass is 265 g/mol. The van der Waals surface area contributed by atoms with E-state index in [-0.39, 0.29) is 18.3 Å². The molecular formula is C15H20FNO2. The van der Waals surface area contributed by atoms with Gasteiger partial charge in [-0.25, -0.2) is 4.39 Å². The maximum Gasteiger partial charge on any atom is 0.260 e. The third kappa shape index (κ3) is 3.69. The second kappa shape index (κ2) is 6.55. The first-order valence-electron chi connectivity index (χ1n) is 6.88. The summed E-state index contributed by atoms with van der Waals surface area (Å²) in [5.41, 5.74) is 0. The highest BCUT2D eigenvalue weighted by molar-refractivity contribution is 5.78. The molecule has 0 radical (unpaired) electrons. The first kappa shape index (κ1) is 13.8. The molecule has 1 aromatic rings. The van der Waals surface area contributed by atoms with Crippen molar-refractivity contribution in [2.75, 3.05) is 13.2 Å². The summed E-state index contributed by atoms with van der Waals surface area (Å²) >= 11 is 0. The lowest BCUT2D eigenvalue weighted by molar-refractivity contribution is -0.137. The lowest BCUT2D eigenvalue weighted by atomic mass is 10.00. The number of ether oxygens (including phenoxy) is 1. The van der Waals surface area contributed by atoms with Crippen LogP contribution in [0, 0.1) is 5.82 Å². The Balaban J connectivity index is 1.87. The van der Waals surface area contributed by atoms with Gasteiger partial charge in [0.05, 0.1) is 0 Å². The van der Waals surface area contributed by atoms with Crippen molar-refractivity contribution in [3.8, 4) is 5.75 Å². The van der Waals surface area contributed by atoms with Crippen LogP contribution in [0.1, 0.15) is 32.6 Å². The van der Waals surface area contributed by atoms with Crippen molar-refractivity contribution < 1.29 is 13.9 Å². The van der Waals surface area contributed by atoms with Gasteiger partial charge in [-0.3, -0.25) is 4.79 Å². The minimum atomic E-state index is -0.305. The molecule has 1 fully saturated rings. The lowest BCUT2D eigenvalue weighted by Gasteiger charge is -2.35. The number of hydrogen-bond donors (Lipinski definition) is 0. The number of halogens is 1. The van der Waals surface area contributed by atoms with E-state index in [9.17, 15) is 9.18 Å². The van der Waals surface area contributed by atoms with Crippen molar-refractivity contribution in [2.45, 2.75) is 38.6 Å². The molecule has 0 bridgehead atoms. The predicted octanol–water partition coefficient (Wildman–Crippen LogP) is 3.00. The number of benzene rings is 1. The molecule has 1 aliphatic rings. The second-order valence-corrected chi connectivity index (χ2v) is 4.89. The molecule has 0 aromatic heterocycles. The zero-order chi connectivity index (χ0) is 13.7. The van der Waals surface area contributed by atoms with Gasteiger partial charge in [0.1, 0.15) is 11.6 Å². The third-order valence-electron chi connectivity index (χ3n) is 3.59. The van der Waals surface area contributed by atoms with Crippen LogP contribution in [0.15, 0.2) is 24.3 Å². The summed E-state index contributed by atoms with van der Waals surface area (Å²) in [4.78, 5) is 14.1. The molecule has 19 heavy (non-hydrogen) atoms. The average Bonchev–Trinajstić information content (AvgIpc) is 2.46. The molecule has 1 amide bonds. The highest BCUT2D eigenvalue weighted by Crippen LogP contribution is 2.20. The fourth-order valence-corrected chi connectivity index (χ4v) is 2.51. The maximum absolute atomic E-state index is 12.7. The van der Waals surface area contributed by atoms with Crippen molar-refractivity contribution in [3.63, 3.8) is 0 Å². The summed E-state index contributed by atoms with van der Waals surface area (Å²) in [5, 5.41) is 0. The number of rotatable bonds is 4. The number of piperidine rings is 1. The van der Waals surface area contributed by atoms with Gasteiger partial charge in [0.15, 0.2) is 6.61 Å². The average molecular weight is 265 g/mol. The molecule has 2 rings (SSSR count). The summed E-state index contributed by atoms with van der Waals surface area (Å²) in [7, 11) is 0. The molecule has 0 saturated carbocycles. The molecule has 1 aliphatic heterocycles. The molecule has 1 saturated heterocycles. The summed E-state index contributed by atoms with van der Waals surface area (Å²) in [5.74, 6) is 0.247. The van der Waals surface area contributed by atoms with Gasteiger partial charge in [-0.15, -0.1) is 0 Å². The maximum atomic E-state index is 12.7. The smallest absolute Gasteiger partial charge is 0.260 e. The molecule has 0 spiro atoms. The fraction of sp³-hybridized carbons (Fsp3) is 0.533. The third-order valence-corrected chi connectivity index (χ3v) is 3.59. The van der Waals surface area contributed by atoms with Gasteiger partial charge in [0, 0.05) is 12.6 Å². The fourth-order valence-electron chi connectivity index (χ4n) is 2.51.